The minimum atomic E-state index is -0.658. The van der Waals surface area contributed by atoms with Gasteiger partial charge in [-0.2, -0.15) is 0 Å². The third kappa shape index (κ3) is 3.21. The molecule has 0 aromatic heterocycles. The van der Waals surface area contributed by atoms with Crippen molar-refractivity contribution in [3.63, 3.8) is 0 Å². The molecule has 0 unspecified atom stereocenters. The Bertz CT molecular complexity index is 834. The lowest BCUT2D eigenvalue weighted by Gasteiger charge is -2.16. The van der Waals surface area contributed by atoms with E-state index in [4.69, 9.17) is 14.2 Å². The Labute approximate surface area is 144 Å². The number of carbonyl (C=O) groups excluding carboxylic acids is 2. The van der Waals surface area contributed by atoms with Crippen molar-refractivity contribution in [2.24, 2.45) is 0 Å². The first-order valence-electron chi connectivity index (χ1n) is 7.63. The Kier molecular flexibility index (Phi) is 4.47. The molecule has 1 heterocycles. The van der Waals surface area contributed by atoms with Crippen LogP contribution in [-0.2, 0) is 9.53 Å². The highest BCUT2D eigenvalue weighted by molar-refractivity contribution is 5.98. The molecule has 0 saturated carbocycles. The van der Waals surface area contributed by atoms with E-state index in [2.05, 4.69) is 10.6 Å². The highest BCUT2D eigenvalue weighted by Gasteiger charge is 2.35. The van der Waals surface area contributed by atoms with Crippen LogP contribution in [0.3, 0.4) is 0 Å². The van der Waals surface area contributed by atoms with Gasteiger partial charge in [0.2, 0.25) is 12.1 Å². The van der Waals surface area contributed by atoms with E-state index in [0.717, 1.165) is 0 Å². The van der Waals surface area contributed by atoms with Gasteiger partial charge in [-0.15, -0.1) is 0 Å². The van der Waals surface area contributed by atoms with Gasteiger partial charge in [0.1, 0.15) is 5.56 Å². The fourth-order valence-corrected chi connectivity index (χ4v) is 2.75. The van der Waals surface area contributed by atoms with E-state index >= 15 is 0 Å². The smallest absolute Gasteiger partial charge is 0.344 e. The second-order valence-electron chi connectivity index (χ2n) is 5.46. The number of methoxy groups -OCH3 is 2. The molecule has 7 nitrogen and oxygen atoms in total. The lowest BCUT2D eigenvalue weighted by molar-refractivity contribution is -0.114. The fraction of sp³-hybridized carbons (Fsp3) is 0.222. The first kappa shape index (κ1) is 16.6. The third-order valence-corrected chi connectivity index (χ3v) is 3.77. The summed E-state index contributed by atoms with van der Waals surface area (Å²) in [6.07, 6.45) is -0.658. The third-order valence-electron chi connectivity index (χ3n) is 3.77. The molecule has 0 radical (unpaired) electrons. The molecule has 2 N–H and O–H groups in total. The summed E-state index contributed by atoms with van der Waals surface area (Å²) in [5, 5.41) is 5.85. The summed E-state index contributed by atoms with van der Waals surface area (Å²) >= 11 is 0. The van der Waals surface area contributed by atoms with Gasteiger partial charge in [-0.3, -0.25) is 4.79 Å². The normalized spacial score (nSPS) is 15.2. The molecule has 0 bridgehead atoms. The second kappa shape index (κ2) is 6.72. The zero-order valence-electron chi connectivity index (χ0n) is 14.1. The summed E-state index contributed by atoms with van der Waals surface area (Å²) in [7, 11) is 2.98. The van der Waals surface area contributed by atoms with Gasteiger partial charge in [-0.1, -0.05) is 6.07 Å². The van der Waals surface area contributed by atoms with Crippen LogP contribution in [0.15, 0.2) is 36.4 Å². The van der Waals surface area contributed by atoms with E-state index < -0.39 is 12.2 Å². The molecular weight excluding hydrogens is 324 g/mol. The molecule has 7 heteroatoms. The van der Waals surface area contributed by atoms with E-state index in [1.54, 1.807) is 30.3 Å². The molecule has 0 aliphatic carbocycles. The van der Waals surface area contributed by atoms with Crippen LogP contribution in [0.2, 0.25) is 0 Å². The molecule has 3 rings (SSSR count). The van der Waals surface area contributed by atoms with Crippen LogP contribution >= 0.6 is 0 Å². The van der Waals surface area contributed by atoms with Crippen LogP contribution in [0.25, 0.3) is 0 Å². The molecule has 0 fully saturated rings. The molecule has 0 saturated heterocycles. The van der Waals surface area contributed by atoms with Crippen molar-refractivity contribution in [3.05, 3.63) is 47.5 Å². The second-order valence-corrected chi connectivity index (χ2v) is 5.46. The minimum Gasteiger partial charge on any atom is -0.493 e. The van der Waals surface area contributed by atoms with E-state index in [-0.39, 0.29) is 5.91 Å². The van der Waals surface area contributed by atoms with Crippen molar-refractivity contribution >= 4 is 23.3 Å². The van der Waals surface area contributed by atoms with Gasteiger partial charge in [-0.05, 0) is 30.3 Å². The minimum absolute atomic E-state index is 0.161. The van der Waals surface area contributed by atoms with Crippen LogP contribution in [0.1, 0.15) is 29.1 Å². The molecule has 1 amide bonds. The van der Waals surface area contributed by atoms with Crippen LogP contribution < -0.4 is 20.1 Å². The number of rotatable bonds is 5. The predicted octanol–water partition coefficient (Wildman–Crippen LogP) is 2.94. The summed E-state index contributed by atoms with van der Waals surface area (Å²) in [4.78, 5) is 23.5. The molecule has 1 aliphatic heterocycles. The maximum Gasteiger partial charge on any atom is 0.344 e. The fourth-order valence-electron chi connectivity index (χ4n) is 2.75. The average Bonchev–Trinajstić information content (AvgIpc) is 2.89. The lowest BCUT2D eigenvalue weighted by Crippen LogP contribution is -2.11. The standard InChI is InChI=1S/C18H18N2O5/c1-10(21)19-11-5-4-6-12(9-11)20-17-13-7-8-14(23-2)16(24-3)15(13)18(22)25-17/h4-9,17,20H,1-3H3,(H,19,21)/t17-/m1/s1. The van der Waals surface area contributed by atoms with Crippen molar-refractivity contribution in [1.29, 1.82) is 0 Å². The van der Waals surface area contributed by atoms with Crippen molar-refractivity contribution in [2.75, 3.05) is 24.9 Å². The zero-order chi connectivity index (χ0) is 18.0. The number of carbonyl (C=O) groups is 2. The molecule has 0 spiro atoms. The summed E-state index contributed by atoms with van der Waals surface area (Å²) in [6, 6.07) is 10.6. The maximum absolute atomic E-state index is 12.3. The molecule has 2 aromatic rings. The van der Waals surface area contributed by atoms with Gasteiger partial charge in [0.15, 0.2) is 11.5 Å². The Morgan fingerprint density at radius 3 is 2.56 bits per heavy atom. The van der Waals surface area contributed by atoms with E-state index in [0.29, 0.717) is 34.0 Å². The quantitative estimate of drug-likeness (QED) is 0.813. The van der Waals surface area contributed by atoms with Crippen LogP contribution in [0, 0.1) is 0 Å². The first-order chi connectivity index (χ1) is 12.0. The Morgan fingerprint density at radius 2 is 1.88 bits per heavy atom. The lowest BCUT2D eigenvalue weighted by atomic mass is 10.1. The van der Waals surface area contributed by atoms with E-state index in [9.17, 15) is 9.59 Å². The van der Waals surface area contributed by atoms with Gasteiger partial charge >= 0.3 is 5.97 Å². The van der Waals surface area contributed by atoms with Crippen LogP contribution in [0.4, 0.5) is 11.4 Å². The monoisotopic (exact) mass is 342 g/mol. The Balaban J connectivity index is 1.90. The number of esters is 1. The number of benzene rings is 2. The summed E-state index contributed by atoms with van der Waals surface area (Å²) in [6.45, 7) is 1.44. The number of ether oxygens (including phenoxy) is 3. The highest BCUT2D eigenvalue weighted by Crippen LogP contribution is 2.42. The maximum atomic E-state index is 12.3. The molecular formula is C18H18N2O5. The number of anilines is 2. The summed E-state index contributed by atoms with van der Waals surface area (Å²) < 4.78 is 16.0. The SMILES string of the molecule is COc1ccc2c(c1OC)C(=O)O[C@H]2Nc1cccc(NC(C)=O)c1. The van der Waals surface area contributed by atoms with Crippen molar-refractivity contribution in [3.8, 4) is 11.5 Å². The number of hydrogen-bond acceptors (Lipinski definition) is 6. The van der Waals surface area contributed by atoms with E-state index in [1.807, 2.05) is 6.07 Å². The van der Waals surface area contributed by atoms with Gasteiger partial charge in [-0.25, -0.2) is 4.79 Å². The van der Waals surface area contributed by atoms with Gasteiger partial charge in [0.05, 0.1) is 14.2 Å². The number of nitrogens with one attached hydrogen (secondary N) is 2. The molecule has 25 heavy (non-hydrogen) atoms. The predicted molar refractivity (Wildman–Crippen MR) is 92.1 cm³/mol. The number of cyclic esters (lactones) is 1. The van der Waals surface area contributed by atoms with Crippen LogP contribution in [-0.4, -0.2) is 26.1 Å². The summed E-state index contributed by atoms with van der Waals surface area (Å²) in [5.41, 5.74) is 2.35. The molecule has 2 aromatic carbocycles. The molecule has 1 atom stereocenters. The topological polar surface area (TPSA) is 85.9 Å². The molecule has 130 valence electrons. The molecule has 1 aliphatic rings. The van der Waals surface area contributed by atoms with Gasteiger partial charge < -0.3 is 24.8 Å². The van der Waals surface area contributed by atoms with Gasteiger partial charge in [0, 0.05) is 23.9 Å². The van der Waals surface area contributed by atoms with Crippen molar-refractivity contribution < 1.29 is 23.8 Å². The van der Waals surface area contributed by atoms with Crippen molar-refractivity contribution in [1.82, 2.24) is 0 Å². The number of amides is 1. The summed E-state index contributed by atoms with van der Waals surface area (Å²) in [5.74, 6) is 0.167. The van der Waals surface area contributed by atoms with E-state index in [1.165, 1.54) is 21.1 Å². The average molecular weight is 342 g/mol. The Morgan fingerprint density at radius 1 is 1.12 bits per heavy atom. The van der Waals surface area contributed by atoms with Gasteiger partial charge in [0.25, 0.3) is 0 Å². The highest BCUT2D eigenvalue weighted by atomic mass is 16.6. The zero-order valence-corrected chi connectivity index (χ0v) is 14.1. The first-order valence-corrected chi connectivity index (χ1v) is 7.63. The Hall–Kier alpha value is -3.22. The largest absolute Gasteiger partial charge is 0.493 e. The number of fused-ring (bicyclic) bond motifs is 1. The van der Waals surface area contributed by atoms with Crippen LogP contribution in [0.5, 0.6) is 11.5 Å². The number of hydrogen-bond donors (Lipinski definition) is 2. The van der Waals surface area contributed by atoms with Crippen molar-refractivity contribution in [2.45, 2.75) is 13.2 Å².